The van der Waals surface area contributed by atoms with Crippen LogP contribution in [-0.4, -0.2) is 44.1 Å². The van der Waals surface area contributed by atoms with Crippen molar-refractivity contribution in [1.82, 2.24) is 4.98 Å². The molecule has 0 radical (unpaired) electrons. The number of aromatic nitrogens is 1. The molecular formula is C12H3F10N5O4S. The monoisotopic (exact) mass is 503 g/mol. The molecule has 20 heteroatoms. The van der Waals surface area contributed by atoms with Gasteiger partial charge >= 0.3 is 24.2 Å². The molecule has 1 N–H and O–H groups in total. The summed E-state index contributed by atoms with van der Waals surface area (Å²) in [5.74, 6) is -4.96. The lowest BCUT2D eigenvalue weighted by atomic mass is 9.97. The van der Waals surface area contributed by atoms with E-state index in [1.165, 1.54) is 5.32 Å². The van der Waals surface area contributed by atoms with Crippen LogP contribution in [0.15, 0.2) is 28.0 Å². The van der Waals surface area contributed by atoms with E-state index >= 15 is 0 Å². The normalized spacial score (nSPS) is 18.2. The molecule has 0 aliphatic carbocycles. The van der Waals surface area contributed by atoms with E-state index in [1.807, 2.05) is 0 Å². The number of thioether (sulfide) groups is 1. The van der Waals surface area contributed by atoms with E-state index in [1.54, 1.807) is 0 Å². The first kappa shape index (κ1) is 25.1. The lowest BCUT2D eigenvalue weighted by Gasteiger charge is -2.31. The fraction of sp³-hybridized carbons (Fsp3) is 0.333. The SMILES string of the molecule is O=[N+]([O-])c1cnc(NC2=NC(C(F)(F)F)(C(F)(F)F)C(=C(F)C(F)(F)F)S2)c([N+](=O)[O-])c1. The number of hydrogen-bond acceptors (Lipinski definition) is 8. The van der Waals surface area contributed by atoms with Crippen molar-refractivity contribution in [3.63, 3.8) is 0 Å². The Morgan fingerprint density at radius 1 is 1.00 bits per heavy atom. The summed E-state index contributed by atoms with van der Waals surface area (Å²) in [5, 5.41) is 21.4. The summed E-state index contributed by atoms with van der Waals surface area (Å²) < 4.78 is 132. The van der Waals surface area contributed by atoms with E-state index in [-0.39, 0.29) is 6.07 Å². The average molecular weight is 503 g/mol. The van der Waals surface area contributed by atoms with Crippen LogP contribution in [0.1, 0.15) is 0 Å². The molecule has 1 aromatic heterocycles. The second-order valence-electron chi connectivity index (χ2n) is 5.57. The van der Waals surface area contributed by atoms with Crippen LogP contribution in [-0.2, 0) is 0 Å². The largest absolute Gasteiger partial charge is 0.443 e. The molecule has 0 fully saturated rings. The number of amidine groups is 1. The van der Waals surface area contributed by atoms with Gasteiger partial charge in [0.05, 0.1) is 20.8 Å². The van der Waals surface area contributed by atoms with Gasteiger partial charge in [-0.15, -0.1) is 0 Å². The smallest absolute Gasteiger partial charge is 0.314 e. The third kappa shape index (κ3) is 4.25. The molecule has 0 saturated carbocycles. The minimum absolute atomic E-state index is 0.212. The number of pyridine rings is 1. The minimum Gasteiger partial charge on any atom is -0.314 e. The summed E-state index contributed by atoms with van der Waals surface area (Å²) in [6.45, 7) is 0. The van der Waals surface area contributed by atoms with Crippen LogP contribution < -0.4 is 5.32 Å². The minimum atomic E-state index is -6.63. The third-order valence-electron chi connectivity index (χ3n) is 3.55. The van der Waals surface area contributed by atoms with E-state index in [2.05, 4.69) is 9.98 Å². The molecule has 1 aromatic rings. The molecule has 0 aromatic carbocycles. The van der Waals surface area contributed by atoms with Crippen molar-refractivity contribution in [2.24, 2.45) is 4.99 Å². The van der Waals surface area contributed by atoms with Crippen LogP contribution in [0, 0.1) is 20.2 Å². The van der Waals surface area contributed by atoms with Gasteiger partial charge in [0.1, 0.15) is 6.20 Å². The topological polar surface area (TPSA) is 124 Å². The molecule has 0 amide bonds. The predicted octanol–water partition coefficient (Wildman–Crippen LogP) is 5.02. The van der Waals surface area contributed by atoms with Crippen molar-refractivity contribution in [1.29, 1.82) is 0 Å². The zero-order chi connectivity index (χ0) is 24.9. The van der Waals surface area contributed by atoms with Crippen LogP contribution in [0.4, 0.5) is 61.1 Å². The van der Waals surface area contributed by atoms with E-state index in [9.17, 15) is 64.1 Å². The number of nitro groups is 2. The summed E-state index contributed by atoms with van der Waals surface area (Å²) in [4.78, 5) is 21.4. The molecule has 1 aliphatic rings. The van der Waals surface area contributed by atoms with Gasteiger partial charge in [0.25, 0.3) is 11.2 Å². The Kier molecular flexibility index (Phi) is 6.07. The van der Waals surface area contributed by atoms with E-state index in [0.29, 0.717) is 6.20 Å². The van der Waals surface area contributed by atoms with Gasteiger partial charge in [0.2, 0.25) is 11.6 Å². The maximum atomic E-state index is 13.7. The van der Waals surface area contributed by atoms with Gasteiger partial charge in [-0.1, -0.05) is 11.8 Å². The third-order valence-corrected chi connectivity index (χ3v) is 4.62. The highest BCUT2D eigenvalue weighted by molar-refractivity contribution is 8.17. The Hall–Kier alpha value is -3.19. The number of hydrogen-bond donors (Lipinski definition) is 1. The predicted molar refractivity (Wildman–Crippen MR) is 85.2 cm³/mol. The van der Waals surface area contributed by atoms with Crippen molar-refractivity contribution in [2.45, 2.75) is 24.1 Å². The van der Waals surface area contributed by atoms with Crippen LogP contribution in [0.25, 0.3) is 0 Å². The molecule has 1 aliphatic heterocycles. The summed E-state index contributed by atoms with van der Waals surface area (Å²) in [7, 11) is 0. The summed E-state index contributed by atoms with van der Waals surface area (Å²) >= 11 is -1.08. The molecule has 9 nitrogen and oxygen atoms in total. The standard InChI is InChI=1S/C12H3F10N5O4S/c13-5(10(14,15)16)6-9(11(17,18)19,12(20,21)22)25-8(32-6)24-7-4(27(30)31)1-3(2-23-7)26(28)29/h1-2H,(H,23,24,25). The number of aliphatic imine (C=N–C) groups is 1. The average Bonchev–Trinajstić information content (AvgIpc) is 3.00. The Morgan fingerprint density at radius 3 is 1.94 bits per heavy atom. The van der Waals surface area contributed by atoms with E-state index < -0.39 is 78.8 Å². The summed E-state index contributed by atoms with van der Waals surface area (Å²) in [5.41, 5.74) is -8.05. The first-order valence-corrected chi connectivity index (χ1v) is 8.09. The lowest BCUT2D eigenvalue weighted by molar-refractivity contribution is -0.394. The van der Waals surface area contributed by atoms with E-state index in [0.717, 1.165) is 0 Å². The number of anilines is 1. The lowest BCUT2D eigenvalue weighted by Crippen LogP contribution is -2.55. The quantitative estimate of drug-likeness (QED) is 0.349. The molecule has 0 bridgehead atoms. The summed E-state index contributed by atoms with van der Waals surface area (Å²) in [6, 6.07) is 0.212. The van der Waals surface area contributed by atoms with Crippen molar-refractivity contribution >= 4 is 34.1 Å². The molecule has 32 heavy (non-hydrogen) atoms. The van der Waals surface area contributed by atoms with Crippen LogP contribution >= 0.6 is 11.8 Å². The van der Waals surface area contributed by atoms with Crippen LogP contribution in [0.3, 0.4) is 0 Å². The van der Waals surface area contributed by atoms with Crippen molar-refractivity contribution in [2.75, 3.05) is 5.32 Å². The molecule has 0 saturated heterocycles. The highest BCUT2D eigenvalue weighted by Gasteiger charge is 2.77. The Bertz CT molecular complexity index is 1020. The molecule has 2 heterocycles. The second-order valence-corrected chi connectivity index (χ2v) is 6.57. The number of nitrogens with one attached hydrogen (secondary N) is 1. The number of halogens is 10. The highest BCUT2D eigenvalue weighted by Crippen LogP contribution is 2.59. The highest BCUT2D eigenvalue weighted by atomic mass is 32.2. The first-order chi connectivity index (χ1) is 14.3. The maximum Gasteiger partial charge on any atom is 0.443 e. The maximum absolute atomic E-state index is 13.7. The van der Waals surface area contributed by atoms with Crippen molar-refractivity contribution in [3.8, 4) is 0 Å². The summed E-state index contributed by atoms with van der Waals surface area (Å²) in [6.07, 6.45) is -19.2. The van der Waals surface area contributed by atoms with Gasteiger partial charge in [-0.3, -0.25) is 20.2 Å². The number of alkyl halides is 9. The van der Waals surface area contributed by atoms with Gasteiger partial charge in [0, 0.05) is 0 Å². The van der Waals surface area contributed by atoms with Crippen LogP contribution in [0.2, 0.25) is 0 Å². The zero-order valence-electron chi connectivity index (χ0n) is 14.3. The number of rotatable bonds is 3. The molecule has 0 unspecified atom stereocenters. The number of allylic oxidation sites excluding steroid dienone is 1. The Balaban J connectivity index is 2.73. The molecule has 176 valence electrons. The molecular weight excluding hydrogens is 500 g/mol. The molecule has 0 spiro atoms. The number of nitrogens with zero attached hydrogens (tertiary/aromatic N) is 4. The second kappa shape index (κ2) is 7.74. The van der Waals surface area contributed by atoms with Gasteiger partial charge in [-0.05, 0) is 0 Å². The van der Waals surface area contributed by atoms with Gasteiger partial charge in [-0.2, -0.15) is 39.5 Å². The molecule has 2 rings (SSSR count). The van der Waals surface area contributed by atoms with Gasteiger partial charge < -0.3 is 5.32 Å². The van der Waals surface area contributed by atoms with Gasteiger partial charge in [-0.25, -0.2) is 14.4 Å². The Labute approximate surface area is 171 Å². The van der Waals surface area contributed by atoms with Crippen LogP contribution in [0.5, 0.6) is 0 Å². The van der Waals surface area contributed by atoms with Gasteiger partial charge in [0.15, 0.2) is 5.17 Å². The molecule has 0 atom stereocenters. The first-order valence-electron chi connectivity index (χ1n) is 7.27. The van der Waals surface area contributed by atoms with Crippen molar-refractivity contribution < 1.29 is 53.8 Å². The van der Waals surface area contributed by atoms with E-state index in [4.69, 9.17) is 0 Å². The Morgan fingerprint density at radius 2 is 1.53 bits per heavy atom. The van der Waals surface area contributed by atoms with Crippen molar-refractivity contribution in [3.05, 3.63) is 43.2 Å². The fourth-order valence-corrected chi connectivity index (χ4v) is 3.36. The zero-order valence-corrected chi connectivity index (χ0v) is 15.1. The fourth-order valence-electron chi connectivity index (χ4n) is 2.21.